The van der Waals surface area contributed by atoms with Crippen LogP contribution in [0.3, 0.4) is 0 Å². The molecule has 0 aliphatic carbocycles. The molecule has 1 N–H and O–H groups in total. The maximum Gasteiger partial charge on any atom is 0.350 e. The molecule has 2 aromatic carbocycles. The molecule has 4 rings (SSSR count). The molecular formula is C25H30FN5O3. The summed E-state index contributed by atoms with van der Waals surface area (Å²) >= 11 is 0. The third kappa shape index (κ3) is 4.89. The average molecular weight is 468 g/mol. The Bertz CT molecular complexity index is 1260. The minimum absolute atomic E-state index is 0.0357. The van der Waals surface area contributed by atoms with Crippen LogP contribution >= 0.6 is 0 Å². The van der Waals surface area contributed by atoms with Gasteiger partial charge >= 0.3 is 5.69 Å². The molecule has 1 amide bonds. The maximum absolute atomic E-state index is 15.3. The van der Waals surface area contributed by atoms with Crippen LogP contribution in [0.4, 0.5) is 10.1 Å². The number of hydrogen-bond donors (Lipinski definition) is 1. The molecule has 3 aromatic rings. The molecule has 1 aromatic heterocycles. The number of aromatic nitrogens is 3. The number of para-hydroxylation sites is 1. The number of benzene rings is 2. The number of rotatable bonds is 7. The van der Waals surface area contributed by atoms with Crippen molar-refractivity contribution in [2.75, 3.05) is 26.0 Å². The van der Waals surface area contributed by atoms with E-state index in [1.807, 2.05) is 51.0 Å². The Morgan fingerprint density at radius 3 is 2.74 bits per heavy atom. The van der Waals surface area contributed by atoms with Crippen LogP contribution in [0, 0.1) is 12.7 Å². The first-order valence-corrected chi connectivity index (χ1v) is 11.5. The Morgan fingerprint density at radius 1 is 1.26 bits per heavy atom. The first kappa shape index (κ1) is 23.7. The van der Waals surface area contributed by atoms with Gasteiger partial charge in [0.2, 0.25) is 0 Å². The number of fused-ring (bicyclic) bond motifs is 1. The summed E-state index contributed by atoms with van der Waals surface area (Å²) < 4.78 is 24.1. The number of ether oxygens (including phenoxy) is 1. The van der Waals surface area contributed by atoms with Crippen molar-refractivity contribution in [2.24, 2.45) is 0 Å². The van der Waals surface area contributed by atoms with Gasteiger partial charge in [0.1, 0.15) is 29.2 Å². The molecule has 0 saturated heterocycles. The van der Waals surface area contributed by atoms with Crippen molar-refractivity contribution in [2.45, 2.75) is 45.8 Å². The number of hydrogen-bond acceptors (Lipinski definition) is 5. The predicted molar refractivity (Wildman–Crippen MR) is 128 cm³/mol. The largest absolute Gasteiger partial charge is 0.488 e. The number of carbonyl (C=O) groups excluding carboxylic acids is 1. The maximum atomic E-state index is 15.3. The van der Waals surface area contributed by atoms with Crippen LogP contribution in [0.1, 0.15) is 41.5 Å². The molecule has 180 valence electrons. The van der Waals surface area contributed by atoms with E-state index in [0.717, 1.165) is 29.2 Å². The first-order chi connectivity index (χ1) is 16.2. The quantitative estimate of drug-likeness (QED) is 0.576. The van der Waals surface area contributed by atoms with Gasteiger partial charge in [-0.3, -0.25) is 9.36 Å². The Kier molecular flexibility index (Phi) is 6.83. The molecule has 1 atom stereocenters. The zero-order chi connectivity index (χ0) is 24.4. The van der Waals surface area contributed by atoms with Gasteiger partial charge in [0, 0.05) is 31.3 Å². The van der Waals surface area contributed by atoms with Gasteiger partial charge in [-0.2, -0.15) is 4.68 Å². The topological polar surface area (TPSA) is 81.4 Å². The van der Waals surface area contributed by atoms with Crippen molar-refractivity contribution < 1.29 is 13.9 Å². The minimum Gasteiger partial charge on any atom is -0.488 e. The van der Waals surface area contributed by atoms with Crippen LogP contribution in [0.25, 0.3) is 5.69 Å². The summed E-state index contributed by atoms with van der Waals surface area (Å²) in [5, 5.41) is 7.20. The molecule has 0 radical (unpaired) electrons. The molecule has 0 unspecified atom stereocenters. The summed E-state index contributed by atoms with van der Waals surface area (Å²) in [5.41, 5.74) is 1.13. The lowest BCUT2D eigenvalue weighted by Gasteiger charge is -2.21. The highest BCUT2D eigenvalue weighted by atomic mass is 19.1. The van der Waals surface area contributed by atoms with E-state index in [1.54, 1.807) is 10.6 Å². The fourth-order valence-electron chi connectivity index (χ4n) is 4.21. The summed E-state index contributed by atoms with van der Waals surface area (Å²) in [7, 11) is 3.83. The SMILES string of the molecule is Cc1ccccc1NC(=O)c1cc(F)c(-n2nc3n(c2=O)CCCC3)cc1O[C@@H](C)CN(C)C. The second kappa shape index (κ2) is 9.80. The van der Waals surface area contributed by atoms with Crippen LogP contribution in [-0.2, 0) is 13.0 Å². The summed E-state index contributed by atoms with van der Waals surface area (Å²) in [5.74, 6) is -0.390. The number of nitrogens with one attached hydrogen (secondary N) is 1. The van der Waals surface area contributed by atoms with Crippen molar-refractivity contribution >= 4 is 11.6 Å². The van der Waals surface area contributed by atoms with E-state index in [-0.39, 0.29) is 23.1 Å². The highest BCUT2D eigenvalue weighted by Crippen LogP contribution is 2.28. The van der Waals surface area contributed by atoms with E-state index >= 15 is 4.39 Å². The van der Waals surface area contributed by atoms with Gasteiger partial charge in [-0.25, -0.2) is 9.18 Å². The molecule has 8 nitrogen and oxygen atoms in total. The van der Waals surface area contributed by atoms with Gasteiger partial charge in [-0.1, -0.05) is 18.2 Å². The Labute approximate surface area is 198 Å². The normalized spacial score (nSPS) is 14.1. The predicted octanol–water partition coefficient (Wildman–Crippen LogP) is 3.40. The van der Waals surface area contributed by atoms with Gasteiger partial charge in [0.05, 0.1) is 5.56 Å². The van der Waals surface area contributed by atoms with Crippen LogP contribution < -0.4 is 15.7 Å². The number of amides is 1. The first-order valence-electron chi connectivity index (χ1n) is 11.5. The van der Waals surface area contributed by atoms with Crippen LogP contribution in [0.2, 0.25) is 0 Å². The van der Waals surface area contributed by atoms with Gasteiger partial charge in [-0.05, 0) is 58.5 Å². The Balaban J connectivity index is 1.76. The third-order valence-corrected chi connectivity index (χ3v) is 5.84. The summed E-state index contributed by atoms with van der Waals surface area (Å²) in [6.45, 7) is 4.90. The van der Waals surface area contributed by atoms with Gasteiger partial charge in [0.25, 0.3) is 5.91 Å². The fourth-order valence-corrected chi connectivity index (χ4v) is 4.21. The zero-order valence-electron chi connectivity index (χ0n) is 20.0. The number of nitrogens with zero attached hydrogens (tertiary/aromatic N) is 4. The lowest BCUT2D eigenvalue weighted by molar-refractivity contribution is 0.101. The van der Waals surface area contributed by atoms with Crippen molar-refractivity contribution in [3.8, 4) is 11.4 Å². The van der Waals surface area contributed by atoms with E-state index < -0.39 is 17.4 Å². The Hall–Kier alpha value is -3.46. The number of carbonyl (C=O) groups is 1. The average Bonchev–Trinajstić information content (AvgIpc) is 3.12. The fraction of sp³-hybridized carbons (Fsp3) is 0.400. The molecule has 0 fully saturated rings. The van der Waals surface area contributed by atoms with E-state index in [0.29, 0.717) is 31.0 Å². The minimum atomic E-state index is -0.722. The van der Waals surface area contributed by atoms with Crippen molar-refractivity contribution in [1.29, 1.82) is 0 Å². The number of halogens is 1. The zero-order valence-corrected chi connectivity index (χ0v) is 20.0. The number of anilines is 1. The second-order valence-electron chi connectivity index (χ2n) is 8.98. The van der Waals surface area contributed by atoms with Gasteiger partial charge in [0.15, 0.2) is 0 Å². The summed E-state index contributed by atoms with van der Waals surface area (Å²) in [6.07, 6.45) is 2.21. The molecule has 9 heteroatoms. The monoisotopic (exact) mass is 467 g/mol. The standard InChI is InChI=1S/C25H30FN5O3/c1-16-9-5-6-10-20(16)27-24(32)18-13-19(26)21(14-22(18)34-17(2)15-29(3)4)31-25(33)30-12-8-7-11-23(30)28-31/h5-6,9-10,13-14,17H,7-8,11-12,15H2,1-4H3,(H,27,32)/t17-/m0/s1. The summed E-state index contributed by atoms with van der Waals surface area (Å²) in [6, 6.07) is 9.86. The third-order valence-electron chi connectivity index (χ3n) is 5.84. The lowest BCUT2D eigenvalue weighted by Crippen LogP contribution is -2.29. The lowest BCUT2D eigenvalue weighted by atomic mass is 10.1. The molecule has 1 aliphatic heterocycles. The van der Waals surface area contributed by atoms with Crippen molar-refractivity contribution in [3.63, 3.8) is 0 Å². The van der Waals surface area contributed by atoms with Crippen molar-refractivity contribution in [3.05, 3.63) is 69.7 Å². The number of likely N-dealkylation sites (N-methyl/N-ethyl adjacent to an activating group) is 1. The smallest absolute Gasteiger partial charge is 0.350 e. The molecule has 0 spiro atoms. The Morgan fingerprint density at radius 2 is 2.03 bits per heavy atom. The van der Waals surface area contributed by atoms with Gasteiger partial charge < -0.3 is 15.0 Å². The number of aryl methyl sites for hydroxylation is 2. The molecule has 1 aliphatic rings. The molecule has 0 saturated carbocycles. The summed E-state index contributed by atoms with van der Waals surface area (Å²) in [4.78, 5) is 28.0. The van der Waals surface area contributed by atoms with Gasteiger partial charge in [-0.15, -0.1) is 5.10 Å². The molecule has 0 bridgehead atoms. The van der Waals surface area contributed by atoms with E-state index in [9.17, 15) is 9.59 Å². The van der Waals surface area contributed by atoms with Crippen LogP contribution in [0.15, 0.2) is 41.2 Å². The molecular weight excluding hydrogens is 437 g/mol. The second-order valence-corrected chi connectivity index (χ2v) is 8.98. The highest BCUT2D eigenvalue weighted by Gasteiger charge is 2.24. The molecule has 2 heterocycles. The van der Waals surface area contributed by atoms with Crippen molar-refractivity contribution in [1.82, 2.24) is 19.2 Å². The van der Waals surface area contributed by atoms with Crippen LogP contribution in [0.5, 0.6) is 5.75 Å². The van der Waals surface area contributed by atoms with E-state index in [1.165, 1.54) is 6.07 Å². The highest BCUT2D eigenvalue weighted by molar-refractivity contribution is 6.06. The van der Waals surface area contributed by atoms with Crippen LogP contribution in [-0.4, -0.2) is 51.9 Å². The molecule has 34 heavy (non-hydrogen) atoms. The van der Waals surface area contributed by atoms with E-state index in [4.69, 9.17) is 4.74 Å². The van der Waals surface area contributed by atoms with E-state index in [2.05, 4.69) is 10.4 Å².